The van der Waals surface area contributed by atoms with Crippen molar-refractivity contribution in [2.45, 2.75) is 223 Å². The molecule has 7 rings (SSSR count). The summed E-state index contributed by atoms with van der Waals surface area (Å²) in [5, 5.41) is 141. The Morgan fingerprint density at radius 2 is 1.15 bits per heavy atom. The zero-order valence-corrected chi connectivity index (χ0v) is 40.3. The Hall–Kier alpha value is -1.02. The molecular formula is C48H82O19. The summed E-state index contributed by atoms with van der Waals surface area (Å²) in [5.41, 5.74) is -1.90. The van der Waals surface area contributed by atoms with Crippen LogP contribution in [0.4, 0.5) is 0 Å². The van der Waals surface area contributed by atoms with Crippen LogP contribution in [0.1, 0.15) is 107 Å². The highest BCUT2D eigenvalue weighted by atomic mass is 16.7. The van der Waals surface area contributed by atoms with Crippen molar-refractivity contribution in [2.75, 3.05) is 19.8 Å². The van der Waals surface area contributed by atoms with Crippen molar-refractivity contribution in [1.82, 2.24) is 0 Å². The van der Waals surface area contributed by atoms with Gasteiger partial charge in [-0.25, -0.2) is 0 Å². The molecule has 4 saturated carbocycles. The van der Waals surface area contributed by atoms with E-state index in [9.17, 15) is 66.4 Å². The van der Waals surface area contributed by atoms with Gasteiger partial charge in [-0.3, -0.25) is 0 Å². The summed E-state index contributed by atoms with van der Waals surface area (Å²) in [5.74, 6) is -0.605. The van der Waals surface area contributed by atoms with Crippen LogP contribution in [0.5, 0.6) is 0 Å². The lowest BCUT2D eigenvalue weighted by molar-refractivity contribution is -0.351. The van der Waals surface area contributed by atoms with Crippen molar-refractivity contribution in [3.63, 3.8) is 0 Å². The van der Waals surface area contributed by atoms with Crippen LogP contribution in [0, 0.1) is 45.3 Å². The first-order valence-electron chi connectivity index (χ1n) is 24.5. The van der Waals surface area contributed by atoms with Gasteiger partial charge in [-0.2, -0.15) is 0 Å². The fourth-order valence-corrected chi connectivity index (χ4v) is 14.9. The number of aliphatic hydroxyl groups excluding tert-OH is 13. The molecule has 26 unspecified atom stereocenters. The van der Waals surface area contributed by atoms with Gasteiger partial charge in [0.15, 0.2) is 18.9 Å². The zero-order chi connectivity index (χ0) is 49.5. The molecule has 3 heterocycles. The lowest BCUT2D eigenvalue weighted by Crippen LogP contribution is -2.69. The maximum absolute atomic E-state index is 12.7. The first-order valence-corrected chi connectivity index (χ1v) is 24.5. The lowest BCUT2D eigenvalue weighted by atomic mass is 9.35. The minimum atomic E-state index is -1.74. The molecule has 67 heavy (non-hydrogen) atoms. The quantitative estimate of drug-likeness (QED) is 0.0773. The van der Waals surface area contributed by atoms with E-state index in [-0.39, 0.29) is 29.1 Å². The fraction of sp³-hybridized carbons (Fsp3) is 0.958. The van der Waals surface area contributed by atoms with E-state index in [2.05, 4.69) is 26.8 Å². The highest BCUT2D eigenvalue weighted by Crippen LogP contribution is 2.76. The van der Waals surface area contributed by atoms with E-state index in [4.69, 9.17) is 28.4 Å². The lowest BCUT2D eigenvalue weighted by Gasteiger charge is -2.71. The Morgan fingerprint density at radius 1 is 0.627 bits per heavy atom. The van der Waals surface area contributed by atoms with Gasteiger partial charge in [-0.05, 0) is 117 Å². The molecule has 19 heteroatoms. The maximum atomic E-state index is 12.7. The average molecular weight is 963 g/mol. The smallest absolute Gasteiger partial charge is 0.187 e. The summed E-state index contributed by atoms with van der Waals surface area (Å²) in [7, 11) is 0. The third kappa shape index (κ3) is 9.13. The van der Waals surface area contributed by atoms with E-state index in [1.807, 2.05) is 34.6 Å². The van der Waals surface area contributed by atoms with Crippen LogP contribution in [0.15, 0.2) is 11.6 Å². The van der Waals surface area contributed by atoms with Crippen LogP contribution in [-0.4, -0.2) is 202 Å². The molecule has 0 aromatic rings. The molecule has 7 fully saturated rings. The molecule has 0 aromatic carbocycles. The van der Waals surface area contributed by atoms with E-state index in [0.717, 1.165) is 24.8 Å². The molecule has 26 atom stereocenters. The summed E-state index contributed by atoms with van der Waals surface area (Å²) < 4.78 is 36.4. The molecule has 4 aliphatic carbocycles. The van der Waals surface area contributed by atoms with Gasteiger partial charge in [-0.15, -0.1) is 0 Å². The summed E-state index contributed by atoms with van der Waals surface area (Å²) in [6.45, 7) is 15.0. The predicted octanol–water partition coefficient (Wildman–Crippen LogP) is -1.06. The Balaban J connectivity index is 1.12. The molecule has 3 aliphatic heterocycles. The zero-order valence-electron chi connectivity index (χ0n) is 40.3. The first kappa shape index (κ1) is 53.8. The Morgan fingerprint density at radius 3 is 1.73 bits per heavy atom. The summed E-state index contributed by atoms with van der Waals surface area (Å²) in [4.78, 5) is 0. The van der Waals surface area contributed by atoms with Gasteiger partial charge in [0.05, 0.1) is 43.7 Å². The molecule has 0 amide bonds. The summed E-state index contributed by atoms with van der Waals surface area (Å²) in [6, 6.07) is 0. The number of fused-ring (bicyclic) bond motifs is 5. The largest absolute Gasteiger partial charge is 0.394 e. The van der Waals surface area contributed by atoms with Crippen LogP contribution in [0.3, 0.4) is 0 Å². The van der Waals surface area contributed by atoms with Gasteiger partial charge in [0.25, 0.3) is 0 Å². The number of rotatable bonds is 13. The molecule has 0 radical (unpaired) electrons. The number of hydrogen-bond donors (Lipinski definition) is 13. The average Bonchev–Trinajstić information content (AvgIpc) is 3.65. The third-order valence-corrected chi connectivity index (χ3v) is 18.7. The molecule has 13 N–H and O–H groups in total. The standard InChI is InChI=1S/C48H82O19/c1-21(2)10-9-13-48(8,67-43-39(61)36(58)33(55)27(65-43)20-62-41-37(59)34(56)31(53)25(18-49)63-41)22-11-14-47(7)30(22)23(51)16-29-45(5)17-24(52)40(44(3,4)28(45)12-15-46(29,47)6)66-42-38(60)35(57)32(54)26(19-50)64-42/h10,22-43,49-61H,9,11-20H2,1-8H3. The van der Waals surface area contributed by atoms with Crippen LogP contribution in [-0.2, 0) is 28.4 Å². The second-order valence-corrected chi connectivity index (χ2v) is 23.1. The van der Waals surface area contributed by atoms with Crippen LogP contribution >= 0.6 is 0 Å². The molecule has 7 aliphatic rings. The highest BCUT2D eigenvalue weighted by molar-refractivity contribution is 5.21. The van der Waals surface area contributed by atoms with Crippen molar-refractivity contribution in [1.29, 1.82) is 0 Å². The van der Waals surface area contributed by atoms with E-state index in [1.165, 1.54) is 0 Å². The number of allylic oxidation sites excluding steroid dienone is 2. The van der Waals surface area contributed by atoms with Crippen LogP contribution in [0.2, 0.25) is 0 Å². The molecule has 0 spiro atoms. The molecule has 388 valence electrons. The number of aliphatic hydroxyl groups is 13. The van der Waals surface area contributed by atoms with Crippen molar-refractivity contribution < 1.29 is 94.8 Å². The monoisotopic (exact) mass is 963 g/mol. The van der Waals surface area contributed by atoms with E-state index < -0.39 is 152 Å². The minimum Gasteiger partial charge on any atom is -0.394 e. The van der Waals surface area contributed by atoms with Gasteiger partial charge in [0.1, 0.15) is 73.2 Å². The SMILES string of the molecule is CC(C)=CCCC(C)(OC1OC(COC2OC(CO)C(O)C(O)C2O)C(O)C(O)C1O)C1CCC2(C)C1C(O)CC1C3(C)CC(O)C(OC4OC(CO)C(O)C(O)C4O)C(C)(C)C3CCC12C. The fourth-order valence-electron chi connectivity index (χ4n) is 14.9. The Kier molecular flexibility index (Phi) is 15.9. The molecule has 3 saturated heterocycles. The molecule has 0 aromatic heterocycles. The van der Waals surface area contributed by atoms with Gasteiger partial charge < -0.3 is 94.8 Å². The Labute approximate surface area is 393 Å². The molecule has 0 bridgehead atoms. The normalized spacial score (nSPS) is 52.9. The highest BCUT2D eigenvalue weighted by Gasteiger charge is 2.73. The van der Waals surface area contributed by atoms with E-state index in [0.29, 0.717) is 32.1 Å². The number of ether oxygens (including phenoxy) is 6. The van der Waals surface area contributed by atoms with Crippen molar-refractivity contribution in [2.24, 2.45) is 45.3 Å². The van der Waals surface area contributed by atoms with Crippen LogP contribution < -0.4 is 0 Å². The van der Waals surface area contributed by atoms with Gasteiger partial charge in [0.2, 0.25) is 0 Å². The topological polar surface area (TPSA) is 318 Å². The third-order valence-electron chi connectivity index (χ3n) is 18.7. The predicted molar refractivity (Wildman–Crippen MR) is 235 cm³/mol. The molecule has 19 nitrogen and oxygen atoms in total. The van der Waals surface area contributed by atoms with E-state index >= 15 is 0 Å². The van der Waals surface area contributed by atoms with E-state index in [1.54, 1.807) is 0 Å². The van der Waals surface area contributed by atoms with Gasteiger partial charge in [-0.1, -0.05) is 46.3 Å². The second-order valence-electron chi connectivity index (χ2n) is 23.1. The Bertz CT molecular complexity index is 1710. The minimum absolute atomic E-state index is 0.0112. The van der Waals surface area contributed by atoms with Gasteiger partial charge in [0, 0.05) is 0 Å². The van der Waals surface area contributed by atoms with Crippen molar-refractivity contribution in [3.8, 4) is 0 Å². The summed E-state index contributed by atoms with van der Waals surface area (Å²) >= 11 is 0. The van der Waals surface area contributed by atoms with Gasteiger partial charge >= 0.3 is 0 Å². The first-order chi connectivity index (χ1) is 31.2. The second kappa shape index (κ2) is 19.8. The maximum Gasteiger partial charge on any atom is 0.187 e. The number of hydrogen-bond acceptors (Lipinski definition) is 19. The van der Waals surface area contributed by atoms with Crippen molar-refractivity contribution in [3.05, 3.63) is 11.6 Å². The molecular weight excluding hydrogens is 881 g/mol. The summed E-state index contributed by atoms with van der Waals surface area (Å²) in [6.07, 6.45) is -18.9. The van der Waals surface area contributed by atoms with Crippen molar-refractivity contribution >= 4 is 0 Å². The van der Waals surface area contributed by atoms with Crippen LogP contribution in [0.25, 0.3) is 0 Å².